The summed E-state index contributed by atoms with van der Waals surface area (Å²) >= 11 is 0. The maximum atomic E-state index is 12.7. The van der Waals surface area contributed by atoms with Gasteiger partial charge in [0.05, 0.1) is 18.2 Å². The van der Waals surface area contributed by atoms with Crippen molar-refractivity contribution < 1.29 is 9.90 Å². The Bertz CT molecular complexity index is 780. The number of nitrogens with one attached hydrogen (secondary N) is 2. The van der Waals surface area contributed by atoms with E-state index in [9.17, 15) is 14.7 Å². The molecule has 0 saturated heterocycles. The second kappa shape index (κ2) is 7.62. The third-order valence-corrected chi connectivity index (χ3v) is 4.66. The van der Waals surface area contributed by atoms with Crippen LogP contribution in [0.3, 0.4) is 0 Å². The molecule has 2 atom stereocenters. The number of benzene rings is 1. The first-order valence-corrected chi connectivity index (χ1v) is 8.46. The maximum absolute atomic E-state index is 12.7. The van der Waals surface area contributed by atoms with Crippen molar-refractivity contribution in [3.63, 3.8) is 0 Å². The number of pyridine rings is 1. The van der Waals surface area contributed by atoms with Crippen LogP contribution in [0.1, 0.15) is 56.0 Å². The van der Waals surface area contributed by atoms with Crippen molar-refractivity contribution in [2.75, 3.05) is 6.61 Å². The summed E-state index contributed by atoms with van der Waals surface area (Å²) < 4.78 is 0. The molecule has 0 spiro atoms. The molecule has 1 aromatic heterocycles. The molecule has 3 N–H and O–H groups in total. The molecule has 2 rings (SSSR count). The normalized spacial score (nSPS) is 13.9. The van der Waals surface area contributed by atoms with E-state index in [1.807, 2.05) is 26.0 Å². The minimum absolute atomic E-state index is 0.0742. The number of aliphatic hydroxyl groups excluding tert-OH is 1. The van der Waals surface area contributed by atoms with Crippen LogP contribution in [0, 0.1) is 5.92 Å². The Morgan fingerprint density at radius 1 is 1.29 bits per heavy atom. The van der Waals surface area contributed by atoms with Gasteiger partial charge >= 0.3 is 0 Å². The summed E-state index contributed by atoms with van der Waals surface area (Å²) in [6.07, 6.45) is 2.30. The molecule has 1 amide bonds. The minimum Gasteiger partial charge on any atom is -0.394 e. The zero-order valence-corrected chi connectivity index (χ0v) is 14.7. The van der Waals surface area contributed by atoms with Crippen LogP contribution in [0.15, 0.2) is 29.2 Å². The Morgan fingerprint density at radius 2 is 2.00 bits per heavy atom. The monoisotopic (exact) mass is 330 g/mol. The van der Waals surface area contributed by atoms with Crippen LogP contribution in [0.2, 0.25) is 0 Å². The minimum atomic E-state index is -0.451. The van der Waals surface area contributed by atoms with E-state index >= 15 is 0 Å². The standard InChI is InChI=1S/C19H26N2O3/c1-5-12(4)16(10-22)21-19(24)15-9-20-17-13(11(2)3)7-6-8-14(17)18(15)23/h6-9,11-12,16,22H,5,10H2,1-4H3,(H,20,23)(H,21,24)/t12-,16+/m1/s1. The first-order valence-electron chi connectivity index (χ1n) is 8.46. The molecule has 0 fully saturated rings. The van der Waals surface area contributed by atoms with Crippen LogP contribution in [0.25, 0.3) is 10.9 Å². The van der Waals surface area contributed by atoms with Crippen molar-refractivity contribution in [3.8, 4) is 0 Å². The number of hydrogen-bond acceptors (Lipinski definition) is 3. The largest absolute Gasteiger partial charge is 0.394 e. The lowest BCUT2D eigenvalue weighted by Gasteiger charge is -2.22. The molecule has 5 heteroatoms. The van der Waals surface area contributed by atoms with Gasteiger partial charge in [0.1, 0.15) is 5.56 Å². The molecule has 5 nitrogen and oxygen atoms in total. The van der Waals surface area contributed by atoms with Gasteiger partial charge in [-0.05, 0) is 23.5 Å². The van der Waals surface area contributed by atoms with Crippen LogP contribution >= 0.6 is 0 Å². The number of aliphatic hydroxyl groups is 1. The van der Waals surface area contributed by atoms with Crippen LogP contribution in [-0.2, 0) is 0 Å². The van der Waals surface area contributed by atoms with Gasteiger partial charge in [0.15, 0.2) is 0 Å². The summed E-state index contributed by atoms with van der Waals surface area (Å²) in [7, 11) is 0. The van der Waals surface area contributed by atoms with Crippen molar-refractivity contribution in [1.29, 1.82) is 0 Å². The van der Waals surface area contributed by atoms with Gasteiger partial charge in [0.2, 0.25) is 5.43 Å². The van der Waals surface area contributed by atoms with Gasteiger partial charge in [0.25, 0.3) is 5.91 Å². The molecular weight excluding hydrogens is 304 g/mol. The molecular formula is C19H26N2O3. The van der Waals surface area contributed by atoms with Gasteiger partial charge in [-0.1, -0.05) is 46.2 Å². The molecule has 24 heavy (non-hydrogen) atoms. The lowest BCUT2D eigenvalue weighted by atomic mass is 9.98. The van der Waals surface area contributed by atoms with Crippen LogP contribution in [-0.4, -0.2) is 28.6 Å². The number of fused-ring (bicyclic) bond motifs is 1. The molecule has 0 unspecified atom stereocenters. The Hall–Kier alpha value is -2.14. The summed E-state index contributed by atoms with van der Waals surface area (Å²) in [5.41, 5.74) is 1.61. The Kier molecular flexibility index (Phi) is 5.78. The highest BCUT2D eigenvalue weighted by Gasteiger charge is 2.21. The number of hydrogen-bond donors (Lipinski definition) is 3. The van der Waals surface area contributed by atoms with Gasteiger partial charge in [0, 0.05) is 11.6 Å². The van der Waals surface area contributed by atoms with Crippen molar-refractivity contribution in [2.45, 2.75) is 46.1 Å². The number of carbonyl (C=O) groups is 1. The fourth-order valence-corrected chi connectivity index (χ4v) is 2.82. The molecule has 0 aliphatic carbocycles. The SMILES string of the molecule is CC[C@@H](C)[C@H](CO)NC(=O)c1c[nH]c2c(C(C)C)cccc2c1=O. The lowest BCUT2D eigenvalue weighted by molar-refractivity contribution is 0.0890. The first-order chi connectivity index (χ1) is 11.4. The molecule has 2 aromatic rings. The second-order valence-electron chi connectivity index (χ2n) is 6.60. The molecule has 0 bridgehead atoms. The smallest absolute Gasteiger partial charge is 0.257 e. The van der Waals surface area contributed by atoms with Crippen molar-refractivity contribution in [2.24, 2.45) is 5.92 Å². The molecule has 1 aromatic carbocycles. The Labute approximate surface area is 142 Å². The highest BCUT2D eigenvalue weighted by atomic mass is 16.3. The van der Waals surface area contributed by atoms with Crippen molar-refractivity contribution in [1.82, 2.24) is 10.3 Å². The van der Waals surface area contributed by atoms with E-state index < -0.39 is 5.91 Å². The summed E-state index contributed by atoms with van der Waals surface area (Å²) in [4.78, 5) is 28.3. The van der Waals surface area contributed by atoms with E-state index in [4.69, 9.17) is 0 Å². The summed E-state index contributed by atoms with van der Waals surface area (Å²) in [5, 5.41) is 12.7. The lowest BCUT2D eigenvalue weighted by Crippen LogP contribution is -2.43. The zero-order chi connectivity index (χ0) is 17.9. The predicted octanol–water partition coefficient (Wildman–Crippen LogP) is 2.79. The number of para-hydroxylation sites is 1. The average molecular weight is 330 g/mol. The van der Waals surface area contributed by atoms with Crippen LogP contribution in [0.4, 0.5) is 0 Å². The topological polar surface area (TPSA) is 82.2 Å². The molecule has 130 valence electrons. The van der Waals surface area contributed by atoms with Crippen molar-refractivity contribution in [3.05, 3.63) is 45.7 Å². The van der Waals surface area contributed by atoms with E-state index in [1.54, 1.807) is 6.07 Å². The van der Waals surface area contributed by atoms with Crippen LogP contribution < -0.4 is 10.7 Å². The summed E-state index contributed by atoms with van der Waals surface area (Å²) in [6, 6.07) is 5.19. The number of aromatic amines is 1. The first kappa shape index (κ1) is 18.2. The van der Waals surface area contributed by atoms with E-state index in [-0.39, 0.29) is 35.5 Å². The number of H-pyrrole nitrogens is 1. The third-order valence-electron chi connectivity index (χ3n) is 4.66. The molecule has 0 saturated carbocycles. The van der Waals surface area contributed by atoms with Gasteiger partial charge < -0.3 is 15.4 Å². The highest BCUT2D eigenvalue weighted by Crippen LogP contribution is 2.22. The Balaban J connectivity index is 2.42. The van der Waals surface area contributed by atoms with Gasteiger partial charge in [-0.2, -0.15) is 0 Å². The zero-order valence-electron chi connectivity index (χ0n) is 14.7. The second-order valence-corrected chi connectivity index (χ2v) is 6.60. The number of rotatable bonds is 6. The summed E-state index contributed by atoms with van der Waals surface area (Å²) in [6.45, 7) is 7.93. The molecule has 0 aliphatic rings. The van der Waals surface area contributed by atoms with E-state index in [0.29, 0.717) is 5.39 Å². The number of amides is 1. The third kappa shape index (κ3) is 3.51. The van der Waals surface area contributed by atoms with E-state index in [2.05, 4.69) is 24.1 Å². The fraction of sp³-hybridized carbons (Fsp3) is 0.474. The molecule has 0 aliphatic heterocycles. The van der Waals surface area contributed by atoms with E-state index in [0.717, 1.165) is 17.5 Å². The van der Waals surface area contributed by atoms with Crippen molar-refractivity contribution >= 4 is 16.8 Å². The Morgan fingerprint density at radius 3 is 2.58 bits per heavy atom. The van der Waals surface area contributed by atoms with Gasteiger partial charge in [-0.15, -0.1) is 0 Å². The number of aromatic nitrogens is 1. The summed E-state index contributed by atoms with van der Waals surface area (Å²) in [5.74, 6) is -0.0494. The van der Waals surface area contributed by atoms with Gasteiger partial charge in [-0.25, -0.2) is 0 Å². The predicted molar refractivity (Wildman–Crippen MR) is 96.5 cm³/mol. The average Bonchev–Trinajstić information content (AvgIpc) is 2.58. The molecule has 0 radical (unpaired) electrons. The van der Waals surface area contributed by atoms with Crippen LogP contribution in [0.5, 0.6) is 0 Å². The highest BCUT2D eigenvalue weighted by molar-refractivity contribution is 5.97. The number of carbonyl (C=O) groups excluding carboxylic acids is 1. The quantitative estimate of drug-likeness (QED) is 0.761. The molecule has 1 heterocycles. The fourth-order valence-electron chi connectivity index (χ4n) is 2.82. The van der Waals surface area contributed by atoms with E-state index in [1.165, 1.54) is 6.20 Å². The van der Waals surface area contributed by atoms with Gasteiger partial charge in [-0.3, -0.25) is 9.59 Å². The maximum Gasteiger partial charge on any atom is 0.257 e.